The Hall–Kier alpha value is -0.923. The molecule has 0 aromatic carbocycles. The summed E-state index contributed by atoms with van der Waals surface area (Å²) in [7, 11) is -1.28. The van der Waals surface area contributed by atoms with Gasteiger partial charge in [-0.05, 0) is 18.4 Å². The number of hydrogen-bond acceptors (Lipinski definition) is 5. The predicted octanol–water partition coefficient (Wildman–Crippen LogP) is 1.61. The lowest BCUT2D eigenvalue weighted by molar-refractivity contribution is -0.152. The molecule has 0 aliphatic heterocycles. The fraction of sp³-hybridized carbons (Fsp3) is 0.882. The summed E-state index contributed by atoms with van der Waals surface area (Å²) in [4.78, 5) is 24.0. The van der Waals surface area contributed by atoms with Crippen LogP contribution in [0.5, 0.6) is 0 Å². The second-order valence-corrected chi connectivity index (χ2v) is 13.9. The number of ether oxygens (including phenoxy) is 1. The molecule has 0 heterocycles. The fourth-order valence-corrected chi connectivity index (χ4v) is 3.91. The fourth-order valence-electron chi connectivity index (χ4n) is 3.19. The molecule has 1 atom stereocenters. The van der Waals surface area contributed by atoms with Crippen LogP contribution in [-0.4, -0.2) is 45.2 Å². The number of hydrogen-bond donors (Lipinski definition) is 3. The van der Waals surface area contributed by atoms with Gasteiger partial charge in [-0.2, -0.15) is 0 Å². The van der Waals surface area contributed by atoms with Gasteiger partial charge < -0.3 is 16.2 Å². The highest BCUT2D eigenvalue weighted by atomic mass is 28.3. The van der Waals surface area contributed by atoms with Crippen LogP contribution in [-0.2, 0) is 14.3 Å². The van der Waals surface area contributed by atoms with Gasteiger partial charge in [0.05, 0.1) is 13.2 Å². The molecule has 6 nitrogen and oxygen atoms in total. The van der Waals surface area contributed by atoms with Crippen molar-refractivity contribution in [3.63, 3.8) is 0 Å². The SMILES string of the molecule is C[Si](C)(C)CCOC(=O)[C@@](CN)(CC1CCCCC1)NCC(N)=O. The smallest absolute Gasteiger partial charge is 0.327 e. The lowest BCUT2D eigenvalue weighted by atomic mass is 9.79. The molecule has 0 radical (unpaired) electrons. The van der Waals surface area contributed by atoms with Crippen molar-refractivity contribution in [2.45, 2.75) is 69.7 Å². The molecule has 7 heteroatoms. The average molecular weight is 358 g/mol. The first-order valence-electron chi connectivity index (χ1n) is 9.09. The highest BCUT2D eigenvalue weighted by Gasteiger charge is 2.41. The van der Waals surface area contributed by atoms with Crippen molar-refractivity contribution in [3.05, 3.63) is 0 Å². The maximum atomic E-state index is 12.8. The molecule has 1 aliphatic carbocycles. The Balaban J connectivity index is 2.76. The van der Waals surface area contributed by atoms with Crippen LogP contribution in [0.4, 0.5) is 0 Å². The van der Waals surface area contributed by atoms with Gasteiger partial charge in [0.25, 0.3) is 0 Å². The van der Waals surface area contributed by atoms with Crippen molar-refractivity contribution < 1.29 is 14.3 Å². The molecule has 5 N–H and O–H groups in total. The van der Waals surface area contributed by atoms with Crippen LogP contribution >= 0.6 is 0 Å². The molecule has 1 aliphatic rings. The Kier molecular flexibility index (Phi) is 8.39. The molecule has 0 spiro atoms. The summed E-state index contributed by atoms with van der Waals surface area (Å²) in [6.07, 6.45) is 6.44. The molecule has 140 valence electrons. The highest BCUT2D eigenvalue weighted by molar-refractivity contribution is 6.76. The number of rotatable bonds is 10. The molecular formula is C17H35N3O3Si. The molecule has 0 aromatic heterocycles. The van der Waals surface area contributed by atoms with Gasteiger partial charge >= 0.3 is 5.97 Å². The van der Waals surface area contributed by atoms with E-state index in [0.717, 1.165) is 18.9 Å². The Morgan fingerprint density at radius 3 is 2.33 bits per heavy atom. The van der Waals surface area contributed by atoms with Gasteiger partial charge in [0.2, 0.25) is 5.91 Å². The number of esters is 1. The van der Waals surface area contributed by atoms with E-state index in [4.69, 9.17) is 16.2 Å². The highest BCUT2D eigenvalue weighted by Crippen LogP contribution is 2.31. The van der Waals surface area contributed by atoms with Crippen LogP contribution in [0.3, 0.4) is 0 Å². The van der Waals surface area contributed by atoms with E-state index in [-0.39, 0.29) is 19.1 Å². The number of primary amides is 1. The summed E-state index contributed by atoms with van der Waals surface area (Å²) in [5.74, 6) is -0.395. The molecule has 0 unspecified atom stereocenters. The quantitative estimate of drug-likeness (QED) is 0.407. The number of nitrogens with two attached hydrogens (primary N) is 2. The molecule has 1 rings (SSSR count). The van der Waals surface area contributed by atoms with Crippen LogP contribution in [0, 0.1) is 5.92 Å². The topological polar surface area (TPSA) is 107 Å². The van der Waals surface area contributed by atoms with E-state index >= 15 is 0 Å². The van der Waals surface area contributed by atoms with Crippen molar-refractivity contribution in [1.82, 2.24) is 5.32 Å². The Bertz CT molecular complexity index is 420. The maximum Gasteiger partial charge on any atom is 0.327 e. The third kappa shape index (κ3) is 7.32. The van der Waals surface area contributed by atoms with Crippen molar-refractivity contribution in [2.75, 3.05) is 19.7 Å². The minimum Gasteiger partial charge on any atom is -0.465 e. The summed E-state index contributed by atoms with van der Waals surface area (Å²) >= 11 is 0. The lowest BCUT2D eigenvalue weighted by Gasteiger charge is -2.35. The summed E-state index contributed by atoms with van der Waals surface area (Å²) in [5, 5.41) is 3.01. The van der Waals surface area contributed by atoms with Crippen LogP contribution in [0.1, 0.15) is 38.5 Å². The molecule has 24 heavy (non-hydrogen) atoms. The van der Waals surface area contributed by atoms with Crippen LogP contribution in [0.2, 0.25) is 25.7 Å². The first-order chi connectivity index (χ1) is 11.2. The van der Waals surface area contributed by atoms with Crippen molar-refractivity contribution >= 4 is 20.0 Å². The second kappa shape index (κ2) is 9.53. The zero-order valence-corrected chi connectivity index (χ0v) is 16.5. The third-order valence-corrected chi connectivity index (χ3v) is 6.49. The predicted molar refractivity (Wildman–Crippen MR) is 99.3 cm³/mol. The largest absolute Gasteiger partial charge is 0.465 e. The zero-order chi connectivity index (χ0) is 18.2. The molecule has 0 aromatic rings. The maximum absolute atomic E-state index is 12.8. The first-order valence-corrected chi connectivity index (χ1v) is 12.8. The standard InChI is InChI=1S/C17H35N3O3Si/c1-24(2,3)10-9-23-16(22)17(13-18,20-12-15(19)21)11-14-7-5-4-6-8-14/h14,20H,4-13,18H2,1-3H3,(H2,19,21)/t17-/m0/s1. The number of carbonyl (C=O) groups excluding carboxylic acids is 2. The molecular weight excluding hydrogens is 322 g/mol. The van der Waals surface area contributed by atoms with Crippen LogP contribution < -0.4 is 16.8 Å². The third-order valence-electron chi connectivity index (χ3n) is 4.79. The molecule has 0 bridgehead atoms. The summed E-state index contributed by atoms with van der Waals surface area (Å²) in [6, 6.07) is 0.915. The molecule has 1 fully saturated rings. The lowest BCUT2D eigenvalue weighted by Crippen LogP contribution is -2.60. The summed E-state index contributed by atoms with van der Waals surface area (Å²) < 4.78 is 5.55. The number of nitrogens with one attached hydrogen (secondary N) is 1. The zero-order valence-electron chi connectivity index (χ0n) is 15.5. The Morgan fingerprint density at radius 1 is 1.21 bits per heavy atom. The Morgan fingerprint density at radius 2 is 1.83 bits per heavy atom. The van der Waals surface area contributed by atoms with Gasteiger partial charge in [-0.15, -0.1) is 0 Å². The molecule has 1 saturated carbocycles. The normalized spacial score (nSPS) is 18.8. The van der Waals surface area contributed by atoms with Gasteiger partial charge in [0.1, 0.15) is 5.54 Å². The summed E-state index contributed by atoms with van der Waals surface area (Å²) in [5.41, 5.74) is 10.2. The van der Waals surface area contributed by atoms with E-state index in [1.807, 2.05) is 0 Å². The first kappa shape index (κ1) is 21.1. The van der Waals surface area contributed by atoms with Gasteiger partial charge in [-0.25, -0.2) is 4.79 Å². The number of amides is 1. The van der Waals surface area contributed by atoms with Crippen molar-refractivity contribution in [2.24, 2.45) is 17.4 Å². The van der Waals surface area contributed by atoms with Crippen molar-refractivity contribution in [3.8, 4) is 0 Å². The van der Waals surface area contributed by atoms with Gasteiger partial charge in [0.15, 0.2) is 0 Å². The van der Waals surface area contributed by atoms with E-state index in [0.29, 0.717) is 18.9 Å². The van der Waals surface area contributed by atoms with E-state index in [9.17, 15) is 9.59 Å². The van der Waals surface area contributed by atoms with E-state index in [1.165, 1.54) is 19.3 Å². The van der Waals surface area contributed by atoms with Crippen molar-refractivity contribution in [1.29, 1.82) is 0 Å². The second-order valence-electron chi connectivity index (χ2n) is 8.26. The van der Waals surface area contributed by atoms with E-state index in [1.54, 1.807) is 0 Å². The van der Waals surface area contributed by atoms with Crippen LogP contribution in [0.15, 0.2) is 0 Å². The van der Waals surface area contributed by atoms with Gasteiger partial charge in [-0.3, -0.25) is 10.1 Å². The van der Waals surface area contributed by atoms with Gasteiger partial charge in [-0.1, -0.05) is 51.7 Å². The Labute approximate surface area is 147 Å². The monoisotopic (exact) mass is 357 g/mol. The number of carbonyl (C=O) groups is 2. The molecule has 1 amide bonds. The minimum absolute atomic E-state index is 0.0625. The van der Waals surface area contributed by atoms with E-state index < -0.39 is 19.5 Å². The molecule has 0 saturated heterocycles. The van der Waals surface area contributed by atoms with Gasteiger partial charge in [0, 0.05) is 14.6 Å². The minimum atomic E-state index is -1.28. The van der Waals surface area contributed by atoms with E-state index in [2.05, 4.69) is 25.0 Å². The summed E-state index contributed by atoms with van der Waals surface area (Å²) in [6.45, 7) is 7.19. The van der Waals surface area contributed by atoms with Crippen LogP contribution in [0.25, 0.3) is 0 Å². The average Bonchev–Trinajstić information content (AvgIpc) is 2.51.